The Kier molecular flexibility index (Phi) is 3.80. The highest BCUT2D eigenvalue weighted by Crippen LogP contribution is 2.23. The van der Waals surface area contributed by atoms with Gasteiger partial charge in [0, 0.05) is 18.0 Å². The fourth-order valence-electron chi connectivity index (χ4n) is 2.19. The van der Waals surface area contributed by atoms with Gasteiger partial charge >= 0.3 is 0 Å². The minimum atomic E-state index is 0.837. The van der Waals surface area contributed by atoms with Crippen LogP contribution < -0.4 is 0 Å². The third-order valence-corrected chi connectivity index (χ3v) is 4.29. The molecule has 0 N–H and O–H groups in total. The molecule has 4 heteroatoms. The van der Waals surface area contributed by atoms with E-state index in [-0.39, 0.29) is 0 Å². The summed E-state index contributed by atoms with van der Waals surface area (Å²) in [6.45, 7) is 6.20. The van der Waals surface area contributed by atoms with Crippen molar-refractivity contribution in [1.29, 1.82) is 0 Å². The maximum absolute atomic E-state index is 4.69. The van der Waals surface area contributed by atoms with Gasteiger partial charge in [-0.1, -0.05) is 23.8 Å². The molecule has 0 atom stereocenters. The molecule has 0 spiro atoms. The number of aryl methyl sites for hydroxylation is 3. The highest BCUT2D eigenvalue weighted by Gasteiger charge is 2.08. The summed E-state index contributed by atoms with van der Waals surface area (Å²) in [5.41, 5.74) is 6.61. The van der Waals surface area contributed by atoms with E-state index in [1.54, 1.807) is 23.7 Å². The van der Waals surface area contributed by atoms with Crippen LogP contribution in [0.2, 0.25) is 0 Å². The van der Waals surface area contributed by atoms with Crippen LogP contribution in [0, 0.1) is 20.8 Å². The number of rotatable bonds is 3. The summed E-state index contributed by atoms with van der Waals surface area (Å²) >= 11 is 1.68. The van der Waals surface area contributed by atoms with Gasteiger partial charge < -0.3 is 0 Å². The van der Waals surface area contributed by atoms with Crippen molar-refractivity contribution < 1.29 is 0 Å². The van der Waals surface area contributed by atoms with Gasteiger partial charge in [-0.25, -0.2) is 4.98 Å². The van der Waals surface area contributed by atoms with Crippen molar-refractivity contribution in [3.05, 3.63) is 63.4 Å². The zero-order valence-electron chi connectivity index (χ0n) is 12.4. The Hall–Kier alpha value is -2.07. The van der Waals surface area contributed by atoms with Crippen molar-refractivity contribution in [1.82, 2.24) is 15.0 Å². The SMILES string of the molecule is Cc1ccc(C)c(Cc2nc(-c3cnc(C)cn3)cs2)c1. The van der Waals surface area contributed by atoms with E-state index in [1.807, 2.05) is 6.92 Å². The smallest absolute Gasteiger partial charge is 0.108 e. The largest absolute Gasteiger partial charge is 0.258 e. The second-order valence-corrected chi connectivity index (χ2v) is 6.22. The standard InChI is InChI=1S/C17H17N3S/c1-11-4-5-12(2)14(6-11)7-17-20-16(10-21-17)15-9-18-13(3)8-19-15/h4-6,8-10H,7H2,1-3H3. The number of nitrogens with zero attached hydrogens (tertiary/aromatic N) is 3. The van der Waals surface area contributed by atoms with E-state index in [1.165, 1.54) is 16.7 Å². The average Bonchev–Trinajstić information content (AvgIpc) is 2.92. The van der Waals surface area contributed by atoms with Crippen LogP contribution in [0.3, 0.4) is 0 Å². The van der Waals surface area contributed by atoms with Crippen LogP contribution in [0.5, 0.6) is 0 Å². The molecule has 0 saturated heterocycles. The number of thiazole rings is 1. The molecule has 0 aliphatic rings. The predicted octanol–water partition coefficient (Wildman–Crippen LogP) is 4.12. The lowest BCUT2D eigenvalue weighted by Crippen LogP contribution is -1.93. The molecular formula is C17H17N3S. The lowest BCUT2D eigenvalue weighted by atomic mass is 10.0. The molecule has 0 unspecified atom stereocenters. The fraction of sp³-hybridized carbons (Fsp3) is 0.235. The number of benzene rings is 1. The minimum Gasteiger partial charge on any atom is -0.258 e. The normalized spacial score (nSPS) is 10.8. The number of hydrogen-bond donors (Lipinski definition) is 0. The second kappa shape index (κ2) is 5.74. The first-order valence-electron chi connectivity index (χ1n) is 6.91. The summed E-state index contributed by atoms with van der Waals surface area (Å²) < 4.78 is 0. The number of hydrogen-bond acceptors (Lipinski definition) is 4. The van der Waals surface area contributed by atoms with E-state index in [0.717, 1.165) is 28.5 Å². The van der Waals surface area contributed by atoms with Gasteiger partial charge in [-0.2, -0.15) is 0 Å². The highest BCUT2D eigenvalue weighted by atomic mass is 32.1. The Morgan fingerprint density at radius 1 is 1.00 bits per heavy atom. The summed E-state index contributed by atoms with van der Waals surface area (Å²) in [5.74, 6) is 0. The van der Waals surface area contributed by atoms with Gasteiger partial charge in [-0.3, -0.25) is 9.97 Å². The Balaban J connectivity index is 1.85. The molecule has 3 rings (SSSR count). The molecule has 106 valence electrons. The van der Waals surface area contributed by atoms with E-state index < -0.39 is 0 Å². The summed E-state index contributed by atoms with van der Waals surface area (Å²) in [6.07, 6.45) is 4.43. The van der Waals surface area contributed by atoms with E-state index in [9.17, 15) is 0 Å². The molecule has 0 saturated carbocycles. The Morgan fingerprint density at radius 2 is 1.86 bits per heavy atom. The van der Waals surface area contributed by atoms with Crippen LogP contribution in [-0.2, 0) is 6.42 Å². The van der Waals surface area contributed by atoms with Gasteiger partial charge in [0.15, 0.2) is 0 Å². The quantitative estimate of drug-likeness (QED) is 0.729. The Morgan fingerprint density at radius 3 is 2.62 bits per heavy atom. The Labute approximate surface area is 128 Å². The van der Waals surface area contributed by atoms with Gasteiger partial charge in [0.2, 0.25) is 0 Å². The lowest BCUT2D eigenvalue weighted by molar-refractivity contribution is 1.08. The first-order valence-corrected chi connectivity index (χ1v) is 7.79. The third-order valence-electron chi connectivity index (χ3n) is 3.44. The predicted molar refractivity (Wildman–Crippen MR) is 86.6 cm³/mol. The van der Waals surface area contributed by atoms with E-state index in [2.05, 4.69) is 47.4 Å². The van der Waals surface area contributed by atoms with Gasteiger partial charge in [-0.05, 0) is 31.9 Å². The molecule has 0 aliphatic carbocycles. The molecule has 0 radical (unpaired) electrons. The van der Waals surface area contributed by atoms with Gasteiger partial charge in [0.1, 0.15) is 11.4 Å². The minimum absolute atomic E-state index is 0.837. The maximum atomic E-state index is 4.69. The van der Waals surface area contributed by atoms with Crippen molar-refractivity contribution >= 4 is 11.3 Å². The van der Waals surface area contributed by atoms with Crippen molar-refractivity contribution in [3.8, 4) is 11.4 Å². The van der Waals surface area contributed by atoms with Crippen LogP contribution in [0.4, 0.5) is 0 Å². The zero-order chi connectivity index (χ0) is 14.8. The van der Waals surface area contributed by atoms with Crippen LogP contribution in [0.1, 0.15) is 27.4 Å². The van der Waals surface area contributed by atoms with Crippen LogP contribution in [-0.4, -0.2) is 15.0 Å². The van der Waals surface area contributed by atoms with Crippen molar-refractivity contribution in [3.63, 3.8) is 0 Å². The third kappa shape index (κ3) is 3.16. The van der Waals surface area contributed by atoms with Crippen LogP contribution in [0.15, 0.2) is 36.0 Å². The molecule has 1 aromatic carbocycles. The van der Waals surface area contributed by atoms with Gasteiger partial charge in [0.25, 0.3) is 0 Å². The van der Waals surface area contributed by atoms with E-state index >= 15 is 0 Å². The maximum Gasteiger partial charge on any atom is 0.108 e. The second-order valence-electron chi connectivity index (χ2n) is 5.28. The summed E-state index contributed by atoms with van der Waals surface area (Å²) in [7, 11) is 0. The molecule has 3 aromatic rings. The molecule has 0 amide bonds. The summed E-state index contributed by atoms with van der Waals surface area (Å²) in [6, 6.07) is 6.56. The molecule has 2 aromatic heterocycles. The molecule has 3 nitrogen and oxygen atoms in total. The molecule has 0 bridgehead atoms. The van der Waals surface area contributed by atoms with Crippen molar-refractivity contribution in [2.24, 2.45) is 0 Å². The zero-order valence-corrected chi connectivity index (χ0v) is 13.2. The van der Waals surface area contributed by atoms with Crippen LogP contribution >= 0.6 is 11.3 Å². The van der Waals surface area contributed by atoms with Gasteiger partial charge in [-0.15, -0.1) is 11.3 Å². The lowest BCUT2D eigenvalue weighted by Gasteiger charge is -2.04. The monoisotopic (exact) mass is 295 g/mol. The fourth-order valence-corrected chi connectivity index (χ4v) is 3.00. The van der Waals surface area contributed by atoms with Gasteiger partial charge in [0.05, 0.1) is 16.9 Å². The van der Waals surface area contributed by atoms with E-state index in [0.29, 0.717) is 0 Å². The molecule has 2 heterocycles. The number of aromatic nitrogens is 3. The molecule has 0 fully saturated rings. The average molecular weight is 295 g/mol. The van der Waals surface area contributed by atoms with Crippen molar-refractivity contribution in [2.75, 3.05) is 0 Å². The molecular weight excluding hydrogens is 278 g/mol. The Bertz CT molecular complexity index is 760. The van der Waals surface area contributed by atoms with Crippen molar-refractivity contribution in [2.45, 2.75) is 27.2 Å². The van der Waals surface area contributed by atoms with E-state index in [4.69, 9.17) is 4.98 Å². The van der Waals surface area contributed by atoms with Crippen LogP contribution in [0.25, 0.3) is 11.4 Å². The first kappa shape index (κ1) is 13.9. The molecule has 21 heavy (non-hydrogen) atoms. The summed E-state index contributed by atoms with van der Waals surface area (Å²) in [4.78, 5) is 13.4. The topological polar surface area (TPSA) is 38.7 Å². The molecule has 0 aliphatic heterocycles. The summed E-state index contributed by atoms with van der Waals surface area (Å²) in [5, 5.41) is 3.17. The first-order chi connectivity index (χ1) is 10.1. The highest BCUT2D eigenvalue weighted by molar-refractivity contribution is 7.10.